The lowest BCUT2D eigenvalue weighted by molar-refractivity contribution is 0.0526. The summed E-state index contributed by atoms with van der Waals surface area (Å²) in [6.07, 6.45) is 8.75. The number of nitrogens with zero attached hydrogens (tertiary/aromatic N) is 4. The first-order valence-corrected chi connectivity index (χ1v) is 9.42. The number of hydrogen-bond donors (Lipinski definition) is 0. The Morgan fingerprint density at radius 1 is 1.25 bits per heavy atom. The minimum absolute atomic E-state index is 0.126. The van der Waals surface area contributed by atoms with E-state index in [0.29, 0.717) is 5.56 Å². The van der Waals surface area contributed by atoms with Crippen molar-refractivity contribution in [1.29, 1.82) is 0 Å². The Bertz CT molecular complexity index is 690. The van der Waals surface area contributed by atoms with Gasteiger partial charge in [-0.2, -0.15) is 0 Å². The highest BCUT2D eigenvalue weighted by Crippen LogP contribution is 2.39. The molecule has 0 radical (unpaired) electrons. The van der Waals surface area contributed by atoms with Crippen molar-refractivity contribution in [3.8, 4) is 0 Å². The maximum Gasteiger partial charge on any atom is 0.255 e. The second-order valence-electron chi connectivity index (χ2n) is 6.96. The number of piperidine rings is 1. The molecule has 0 bridgehead atoms. The molecule has 2 aromatic rings. The van der Waals surface area contributed by atoms with Crippen LogP contribution in [0.5, 0.6) is 0 Å². The molecule has 2 aliphatic heterocycles. The topological polar surface area (TPSA) is 49.3 Å². The van der Waals surface area contributed by atoms with E-state index in [1.165, 1.54) is 17.8 Å². The predicted octanol–water partition coefficient (Wildman–Crippen LogP) is 2.67. The van der Waals surface area contributed by atoms with Gasteiger partial charge in [-0.25, -0.2) is 4.98 Å². The highest BCUT2D eigenvalue weighted by molar-refractivity contribution is 7.09. The van der Waals surface area contributed by atoms with Crippen molar-refractivity contribution in [2.75, 3.05) is 26.2 Å². The molecule has 4 heterocycles. The Morgan fingerprint density at radius 2 is 2.21 bits per heavy atom. The maximum atomic E-state index is 12.7. The summed E-state index contributed by atoms with van der Waals surface area (Å²) >= 11 is 1.72. The second kappa shape index (κ2) is 6.61. The van der Waals surface area contributed by atoms with Gasteiger partial charge in [-0.3, -0.25) is 14.7 Å². The Morgan fingerprint density at radius 3 is 3.00 bits per heavy atom. The van der Waals surface area contributed by atoms with Crippen LogP contribution in [0.4, 0.5) is 0 Å². The number of rotatable bonds is 3. The Hall–Kier alpha value is -1.79. The molecule has 0 aliphatic carbocycles. The van der Waals surface area contributed by atoms with Gasteiger partial charge >= 0.3 is 0 Å². The average Bonchev–Trinajstić information content (AvgIpc) is 3.26. The molecule has 4 rings (SSSR count). The van der Waals surface area contributed by atoms with Crippen molar-refractivity contribution in [3.05, 3.63) is 46.7 Å². The Labute approximate surface area is 146 Å². The number of aromatic nitrogens is 2. The van der Waals surface area contributed by atoms with Crippen LogP contribution in [0, 0.1) is 5.41 Å². The van der Waals surface area contributed by atoms with E-state index < -0.39 is 0 Å². The van der Waals surface area contributed by atoms with Gasteiger partial charge in [0, 0.05) is 49.0 Å². The van der Waals surface area contributed by atoms with Crippen LogP contribution in [0.3, 0.4) is 0 Å². The number of carbonyl (C=O) groups is 1. The van der Waals surface area contributed by atoms with E-state index >= 15 is 0 Å². The predicted molar refractivity (Wildman–Crippen MR) is 93.8 cm³/mol. The molecular formula is C18H22N4OS. The van der Waals surface area contributed by atoms with E-state index in [1.54, 1.807) is 23.7 Å². The first-order valence-electron chi connectivity index (χ1n) is 8.54. The maximum absolute atomic E-state index is 12.7. The highest BCUT2D eigenvalue weighted by Gasteiger charge is 2.42. The van der Waals surface area contributed by atoms with E-state index in [2.05, 4.69) is 14.9 Å². The average molecular weight is 342 g/mol. The van der Waals surface area contributed by atoms with Gasteiger partial charge in [0.1, 0.15) is 5.01 Å². The summed E-state index contributed by atoms with van der Waals surface area (Å²) in [5.74, 6) is 0.126. The van der Waals surface area contributed by atoms with E-state index in [1.807, 2.05) is 28.6 Å². The third-order valence-electron chi connectivity index (χ3n) is 5.22. The monoisotopic (exact) mass is 342 g/mol. The lowest BCUT2D eigenvalue weighted by Gasteiger charge is -2.40. The van der Waals surface area contributed by atoms with E-state index in [-0.39, 0.29) is 11.3 Å². The van der Waals surface area contributed by atoms with E-state index in [9.17, 15) is 4.79 Å². The smallest absolute Gasteiger partial charge is 0.255 e. The third kappa shape index (κ3) is 3.21. The van der Waals surface area contributed by atoms with Crippen molar-refractivity contribution < 1.29 is 4.79 Å². The molecule has 1 atom stereocenters. The van der Waals surface area contributed by atoms with Gasteiger partial charge in [0.05, 0.1) is 12.1 Å². The lowest BCUT2D eigenvalue weighted by atomic mass is 9.79. The molecule has 0 N–H and O–H groups in total. The highest BCUT2D eigenvalue weighted by atomic mass is 32.1. The molecular weight excluding hydrogens is 320 g/mol. The van der Waals surface area contributed by atoms with Crippen LogP contribution in [0.25, 0.3) is 0 Å². The molecule has 2 saturated heterocycles. The van der Waals surface area contributed by atoms with Crippen LogP contribution in [-0.2, 0) is 6.54 Å². The molecule has 2 aromatic heterocycles. The van der Waals surface area contributed by atoms with Gasteiger partial charge in [-0.05, 0) is 37.9 Å². The molecule has 24 heavy (non-hydrogen) atoms. The number of likely N-dealkylation sites (tertiary alicyclic amines) is 2. The molecule has 0 aromatic carbocycles. The Balaban J connectivity index is 1.42. The summed E-state index contributed by atoms with van der Waals surface area (Å²) in [5, 5.41) is 3.22. The van der Waals surface area contributed by atoms with Crippen LogP contribution in [0.15, 0.2) is 36.1 Å². The summed E-state index contributed by atoms with van der Waals surface area (Å²) in [6.45, 7) is 4.85. The summed E-state index contributed by atoms with van der Waals surface area (Å²) < 4.78 is 0. The normalized spacial score (nSPS) is 24.6. The largest absolute Gasteiger partial charge is 0.338 e. The van der Waals surface area contributed by atoms with E-state index in [0.717, 1.165) is 39.1 Å². The van der Waals surface area contributed by atoms with Crippen molar-refractivity contribution in [2.24, 2.45) is 5.41 Å². The number of carbonyl (C=O) groups excluding carboxylic acids is 1. The van der Waals surface area contributed by atoms with Gasteiger partial charge in [-0.1, -0.05) is 0 Å². The zero-order chi connectivity index (χ0) is 16.4. The number of amides is 1. The fourth-order valence-electron chi connectivity index (χ4n) is 4.07. The number of pyridine rings is 1. The SMILES string of the molecule is O=C(c1cccnc1)N1CCC[C@@]2(CCN(Cc3nccs3)C2)C1. The van der Waals surface area contributed by atoms with Gasteiger partial charge in [0.2, 0.25) is 0 Å². The van der Waals surface area contributed by atoms with Gasteiger partial charge in [-0.15, -0.1) is 11.3 Å². The standard InChI is InChI=1S/C18H22N4OS/c23-17(15-3-1-6-19-11-15)22-8-2-4-18(14-22)5-9-21(13-18)12-16-20-7-10-24-16/h1,3,6-7,10-11H,2,4-5,8-9,12-14H2/t18-/m0/s1. The van der Waals surface area contributed by atoms with Crippen molar-refractivity contribution in [3.63, 3.8) is 0 Å². The lowest BCUT2D eigenvalue weighted by Crippen LogP contribution is -2.47. The Kier molecular flexibility index (Phi) is 4.33. The van der Waals surface area contributed by atoms with Crippen LogP contribution in [0.1, 0.15) is 34.6 Å². The second-order valence-corrected chi connectivity index (χ2v) is 7.94. The van der Waals surface area contributed by atoms with Crippen LogP contribution in [-0.4, -0.2) is 51.9 Å². The molecule has 2 fully saturated rings. The quantitative estimate of drug-likeness (QED) is 0.860. The van der Waals surface area contributed by atoms with Crippen molar-refractivity contribution >= 4 is 17.2 Å². The summed E-state index contributed by atoms with van der Waals surface area (Å²) in [7, 11) is 0. The van der Waals surface area contributed by atoms with Crippen LogP contribution < -0.4 is 0 Å². The van der Waals surface area contributed by atoms with Crippen LogP contribution >= 0.6 is 11.3 Å². The molecule has 1 spiro atoms. The zero-order valence-electron chi connectivity index (χ0n) is 13.7. The summed E-state index contributed by atoms with van der Waals surface area (Å²) in [5.41, 5.74) is 0.958. The molecule has 126 valence electrons. The molecule has 0 saturated carbocycles. The molecule has 1 amide bonds. The minimum atomic E-state index is 0.126. The number of thiazole rings is 1. The zero-order valence-corrected chi connectivity index (χ0v) is 14.5. The fourth-order valence-corrected chi connectivity index (χ4v) is 4.73. The third-order valence-corrected chi connectivity index (χ3v) is 5.98. The summed E-state index contributed by atoms with van der Waals surface area (Å²) in [6, 6.07) is 3.69. The summed E-state index contributed by atoms with van der Waals surface area (Å²) in [4.78, 5) is 25.8. The first-order chi connectivity index (χ1) is 11.7. The number of hydrogen-bond acceptors (Lipinski definition) is 5. The molecule has 0 unspecified atom stereocenters. The minimum Gasteiger partial charge on any atom is -0.338 e. The first kappa shape index (κ1) is 15.7. The van der Waals surface area contributed by atoms with Crippen LogP contribution in [0.2, 0.25) is 0 Å². The van der Waals surface area contributed by atoms with Gasteiger partial charge < -0.3 is 4.90 Å². The fraction of sp³-hybridized carbons (Fsp3) is 0.500. The van der Waals surface area contributed by atoms with Crippen molar-refractivity contribution in [1.82, 2.24) is 19.8 Å². The molecule has 5 nitrogen and oxygen atoms in total. The van der Waals surface area contributed by atoms with Gasteiger partial charge in [0.15, 0.2) is 0 Å². The van der Waals surface area contributed by atoms with Crippen molar-refractivity contribution in [2.45, 2.75) is 25.8 Å². The van der Waals surface area contributed by atoms with E-state index in [4.69, 9.17) is 0 Å². The van der Waals surface area contributed by atoms with Gasteiger partial charge in [0.25, 0.3) is 5.91 Å². The molecule has 6 heteroatoms. The molecule has 2 aliphatic rings.